The van der Waals surface area contributed by atoms with Crippen molar-refractivity contribution in [3.63, 3.8) is 0 Å². The molecular formula is C15H23Cl2NO. The van der Waals surface area contributed by atoms with Crippen LogP contribution in [0.1, 0.15) is 32.8 Å². The number of nitrogens with one attached hydrogen (secondary N) is 1. The Bertz CT molecular complexity index is 385. The van der Waals surface area contributed by atoms with E-state index in [-0.39, 0.29) is 11.6 Å². The molecule has 1 aromatic rings. The monoisotopic (exact) mass is 303 g/mol. The first-order valence-electron chi connectivity index (χ1n) is 6.69. The molecule has 0 heterocycles. The fraction of sp³-hybridized carbons (Fsp3) is 0.600. The predicted molar refractivity (Wildman–Crippen MR) is 83.3 cm³/mol. The smallest absolute Gasteiger partial charge is 0.0803 e. The molecule has 4 heteroatoms. The minimum absolute atomic E-state index is 0.171. The minimum atomic E-state index is -0.238. The van der Waals surface area contributed by atoms with Gasteiger partial charge in [-0.3, -0.25) is 0 Å². The number of hydrogen-bond donors (Lipinski definition) is 1. The van der Waals surface area contributed by atoms with Crippen molar-refractivity contribution in [2.24, 2.45) is 0 Å². The number of methoxy groups -OCH3 is 1. The molecule has 0 radical (unpaired) electrons. The van der Waals surface area contributed by atoms with Gasteiger partial charge in [0.25, 0.3) is 0 Å². The van der Waals surface area contributed by atoms with Crippen molar-refractivity contribution < 1.29 is 4.74 Å². The summed E-state index contributed by atoms with van der Waals surface area (Å²) in [4.78, 5) is 0. The Morgan fingerprint density at radius 3 is 2.26 bits per heavy atom. The van der Waals surface area contributed by atoms with E-state index in [4.69, 9.17) is 27.9 Å². The van der Waals surface area contributed by atoms with Gasteiger partial charge in [0.1, 0.15) is 0 Å². The standard InChI is InChI=1S/C15H23Cl2NO/c1-5-15(3,19-4)14(18-6-2)10-11-12(16)8-7-9-13(11)17/h7-9,14,18H,5-6,10H2,1-4H3. The Hall–Kier alpha value is -0.280. The Morgan fingerprint density at radius 1 is 1.26 bits per heavy atom. The lowest BCUT2D eigenvalue weighted by atomic mass is 9.88. The van der Waals surface area contributed by atoms with Gasteiger partial charge in [0.2, 0.25) is 0 Å². The molecule has 0 spiro atoms. The van der Waals surface area contributed by atoms with Crippen LogP contribution >= 0.6 is 23.2 Å². The highest BCUT2D eigenvalue weighted by Crippen LogP contribution is 2.29. The number of hydrogen-bond acceptors (Lipinski definition) is 2. The number of ether oxygens (including phenoxy) is 1. The second-order valence-corrected chi connectivity index (χ2v) is 5.70. The van der Waals surface area contributed by atoms with Gasteiger partial charge >= 0.3 is 0 Å². The van der Waals surface area contributed by atoms with Gasteiger partial charge in [-0.25, -0.2) is 0 Å². The quantitative estimate of drug-likeness (QED) is 0.809. The van der Waals surface area contributed by atoms with Gasteiger partial charge in [-0.1, -0.05) is 43.1 Å². The fourth-order valence-corrected chi connectivity index (χ4v) is 2.77. The van der Waals surface area contributed by atoms with E-state index in [0.29, 0.717) is 10.0 Å². The van der Waals surface area contributed by atoms with Gasteiger partial charge in [0, 0.05) is 23.2 Å². The van der Waals surface area contributed by atoms with Crippen LogP contribution in [-0.4, -0.2) is 25.3 Å². The Balaban J connectivity index is 3.02. The molecule has 19 heavy (non-hydrogen) atoms. The lowest BCUT2D eigenvalue weighted by Crippen LogP contribution is -2.51. The van der Waals surface area contributed by atoms with Crippen molar-refractivity contribution in [1.29, 1.82) is 0 Å². The molecule has 1 aromatic carbocycles. The second kappa shape index (κ2) is 7.49. The summed E-state index contributed by atoms with van der Waals surface area (Å²) in [6.45, 7) is 7.21. The van der Waals surface area contributed by atoms with Crippen LogP contribution in [0.15, 0.2) is 18.2 Å². The van der Waals surface area contributed by atoms with Crippen LogP contribution in [0.25, 0.3) is 0 Å². The summed E-state index contributed by atoms with van der Waals surface area (Å²) in [6, 6.07) is 5.79. The summed E-state index contributed by atoms with van der Waals surface area (Å²) in [5, 5.41) is 4.91. The number of benzene rings is 1. The van der Waals surface area contributed by atoms with Crippen molar-refractivity contribution in [3.05, 3.63) is 33.8 Å². The molecule has 0 saturated heterocycles. The van der Waals surface area contributed by atoms with Crippen molar-refractivity contribution in [1.82, 2.24) is 5.32 Å². The van der Waals surface area contributed by atoms with Gasteiger partial charge < -0.3 is 10.1 Å². The minimum Gasteiger partial charge on any atom is -0.377 e. The summed E-state index contributed by atoms with van der Waals surface area (Å²) in [5.74, 6) is 0. The first-order chi connectivity index (χ1) is 8.98. The van der Waals surface area contributed by atoms with E-state index in [2.05, 4.69) is 26.1 Å². The van der Waals surface area contributed by atoms with E-state index in [1.165, 1.54) is 0 Å². The Morgan fingerprint density at radius 2 is 1.84 bits per heavy atom. The molecule has 0 amide bonds. The van der Waals surface area contributed by atoms with Gasteiger partial charge in [-0.2, -0.15) is 0 Å². The lowest BCUT2D eigenvalue weighted by Gasteiger charge is -2.36. The van der Waals surface area contributed by atoms with E-state index >= 15 is 0 Å². The molecule has 2 atom stereocenters. The molecule has 0 aliphatic carbocycles. The molecule has 1 rings (SSSR count). The number of likely N-dealkylation sites (N-methyl/N-ethyl adjacent to an activating group) is 1. The van der Waals surface area contributed by atoms with E-state index < -0.39 is 0 Å². The maximum absolute atomic E-state index is 6.26. The third kappa shape index (κ3) is 4.09. The zero-order valence-corrected chi connectivity index (χ0v) is 13.6. The summed E-state index contributed by atoms with van der Waals surface area (Å²) in [5.41, 5.74) is 0.743. The van der Waals surface area contributed by atoms with Crippen LogP contribution in [0.4, 0.5) is 0 Å². The number of rotatable bonds is 7. The maximum atomic E-state index is 6.26. The van der Waals surface area contributed by atoms with Gasteiger partial charge in [0.05, 0.1) is 5.60 Å². The first-order valence-corrected chi connectivity index (χ1v) is 7.45. The maximum Gasteiger partial charge on any atom is 0.0803 e. The first kappa shape index (κ1) is 16.8. The summed E-state index contributed by atoms with van der Waals surface area (Å²) < 4.78 is 5.70. The third-order valence-electron chi connectivity index (χ3n) is 3.83. The summed E-state index contributed by atoms with van der Waals surface area (Å²) >= 11 is 12.5. The zero-order valence-electron chi connectivity index (χ0n) is 12.1. The van der Waals surface area contributed by atoms with Gasteiger partial charge in [-0.15, -0.1) is 0 Å². The lowest BCUT2D eigenvalue weighted by molar-refractivity contribution is -0.0283. The SMILES string of the molecule is CCNC(Cc1c(Cl)cccc1Cl)C(C)(CC)OC. The fourth-order valence-electron chi connectivity index (χ4n) is 2.21. The normalized spacial score (nSPS) is 16.1. The van der Waals surface area contributed by atoms with Crippen LogP contribution in [0.3, 0.4) is 0 Å². The third-order valence-corrected chi connectivity index (χ3v) is 4.53. The van der Waals surface area contributed by atoms with E-state index in [9.17, 15) is 0 Å². The molecule has 0 aliphatic rings. The molecule has 0 aromatic heterocycles. The van der Waals surface area contributed by atoms with Gasteiger partial charge in [0.15, 0.2) is 0 Å². The largest absolute Gasteiger partial charge is 0.377 e. The average molecular weight is 304 g/mol. The second-order valence-electron chi connectivity index (χ2n) is 4.88. The van der Waals surface area contributed by atoms with Crippen molar-refractivity contribution >= 4 is 23.2 Å². The Labute approximate surface area is 126 Å². The van der Waals surface area contributed by atoms with Crippen LogP contribution < -0.4 is 5.32 Å². The molecule has 0 saturated carbocycles. The Kier molecular flexibility index (Phi) is 6.61. The van der Waals surface area contributed by atoms with Crippen molar-refractivity contribution in [2.75, 3.05) is 13.7 Å². The topological polar surface area (TPSA) is 21.3 Å². The average Bonchev–Trinajstić information content (AvgIpc) is 2.41. The molecule has 108 valence electrons. The molecule has 0 aliphatic heterocycles. The van der Waals surface area contributed by atoms with Crippen molar-refractivity contribution in [2.45, 2.75) is 45.3 Å². The van der Waals surface area contributed by atoms with E-state index in [1.54, 1.807) is 7.11 Å². The highest BCUT2D eigenvalue weighted by atomic mass is 35.5. The molecule has 2 nitrogen and oxygen atoms in total. The van der Waals surface area contributed by atoms with Crippen LogP contribution in [0, 0.1) is 0 Å². The van der Waals surface area contributed by atoms with Crippen LogP contribution in [-0.2, 0) is 11.2 Å². The summed E-state index contributed by atoms with van der Waals surface area (Å²) in [7, 11) is 1.75. The highest BCUT2D eigenvalue weighted by Gasteiger charge is 2.32. The number of halogens is 2. The van der Waals surface area contributed by atoms with E-state index in [1.807, 2.05) is 18.2 Å². The van der Waals surface area contributed by atoms with E-state index in [0.717, 1.165) is 24.9 Å². The molecular weight excluding hydrogens is 281 g/mol. The molecule has 0 fully saturated rings. The molecule has 2 unspecified atom stereocenters. The summed E-state index contributed by atoms with van der Waals surface area (Å²) in [6.07, 6.45) is 1.67. The van der Waals surface area contributed by atoms with Crippen LogP contribution in [0.2, 0.25) is 10.0 Å². The highest BCUT2D eigenvalue weighted by molar-refractivity contribution is 6.36. The molecule has 0 bridgehead atoms. The molecule has 1 N–H and O–H groups in total. The zero-order chi connectivity index (χ0) is 14.5. The van der Waals surface area contributed by atoms with Crippen LogP contribution in [0.5, 0.6) is 0 Å². The predicted octanol–water partition coefficient (Wildman–Crippen LogP) is 4.33. The van der Waals surface area contributed by atoms with Gasteiger partial charge in [-0.05, 0) is 44.0 Å². The van der Waals surface area contributed by atoms with Crippen molar-refractivity contribution in [3.8, 4) is 0 Å².